The first-order valence-electron chi connectivity index (χ1n) is 11.7. The van der Waals surface area contributed by atoms with Gasteiger partial charge in [-0.25, -0.2) is 9.97 Å². The first-order valence-corrected chi connectivity index (χ1v) is 12.1. The lowest BCUT2D eigenvalue weighted by atomic mass is 9.88. The van der Waals surface area contributed by atoms with Gasteiger partial charge in [-0.1, -0.05) is 44.5 Å². The number of anilines is 1. The molecule has 2 amide bonds. The van der Waals surface area contributed by atoms with E-state index in [2.05, 4.69) is 41.4 Å². The van der Waals surface area contributed by atoms with Crippen LogP contribution in [0, 0.1) is 5.41 Å². The van der Waals surface area contributed by atoms with Crippen LogP contribution in [-0.2, 0) is 16.1 Å². The number of halogens is 1. The van der Waals surface area contributed by atoms with E-state index in [1.54, 1.807) is 17.2 Å². The van der Waals surface area contributed by atoms with Crippen molar-refractivity contribution in [1.29, 1.82) is 0 Å². The first kappa shape index (κ1) is 24.4. The maximum atomic E-state index is 13.1. The molecule has 1 fully saturated rings. The van der Waals surface area contributed by atoms with Gasteiger partial charge in [0.25, 0.3) is 5.91 Å². The molecule has 4 rings (SSSR count). The maximum absolute atomic E-state index is 13.1. The van der Waals surface area contributed by atoms with Gasteiger partial charge in [-0.05, 0) is 36.8 Å². The van der Waals surface area contributed by atoms with E-state index in [4.69, 9.17) is 16.3 Å². The number of nitrogens with zero attached hydrogens (tertiary/aromatic N) is 3. The number of benzene rings is 1. The third kappa shape index (κ3) is 5.50. The molecule has 0 saturated carbocycles. The summed E-state index contributed by atoms with van der Waals surface area (Å²) >= 11 is 6.42. The number of fused-ring (bicyclic) bond motifs is 1. The lowest BCUT2D eigenvalue weighted by Crippen LogP contribution is -2.46. The minimum atomic E-state index is -0.166. The third-order valence-electron chi connectivity index (χ3n) is 6.57. The largest absolute Gasteiger partial charge is 0.381 e. The van der Waals surface area contributed by atoms with Crippen LogP contribution in [0.5, 0.6) is 0 Å². The summed E-state index contributed by atoms with van der Waals surface area (Å²) in [5.41, 5.74) is 2.70. The zero-order valence-corrected chi connectivity index (χ0v) is 20.9. The molecule has 0 aliphatic carbocycles. The van der Waals surface area contributed by atoms with Crippen LogP contribution in [0.15, 0.2) is 24.4 Å². The SMILES string of the molecule is CC(NC(=O)CN1Cc2ccc(-c3nc(NC4CCOCC4)ncc3Cl)cc2C1=O)C(C)(C)C. The Bertz CT molecular complexity index is 1080. The Morgan fingerprint density at radius 1 is 1.29 bits per heavy atom. The molecular formula is C25H32ClN5O3. The molecule has 34 heavy (non-hydrogen) atoms. The fourth-order valence-electron chi connectivity index (χ4n) is 3.98. The molecule has 0 bridgehead atoms. The van der Waals surface area contributed by atoms with Crippen LogP contribution in [0.2, 0.25) is 5.02 Å². The van der Waals surface area contributed by atoms with Gasteiger partial charge in [0, 0.05) is 43.0 Å². The number of nitrogens with one attached hydrogen (secondary N) is 2. The van der Waals surface area contributed by atoms with Gasteiger partial charge in [0.15, 0.2) is 0 Å². The van der Waals surface area contributed by atoms with Crippen LogP contribution in [-0.4, -0.2) is 58.5 Å². The van der Waals surface area contributed by atoms with Crippen LogP contribution in [0.4, 0.5) is 5.95 Å². The van der Waals surface area contributed by atoms with Crippen LogP contribution in [0.1, 0.15) is 56.5 Å². The van der Waals surface area contributed by atoms with Gasteiger partial charge in [0.2, 0.25) is 11.9 Å². The lowest BCUT2D eigenvalue weighted by Gasteiger charge is -2.28. The summed E-state index contributed by atoms with van der Waals surface area (Å²) in [6.45, 7) is 10.0. The quantitative estimate of drug-likeness (QED) is 0.644. The van der Waals surface area contributed by atoms with Crippen LogP contribution in [0.3, 0.4) is 0 Å². The minimum absolute atomic E-state index is 0.00414. The van der Waals surface area contributed by atoms with Crippen molar-refractivity contribution in [2.75, 3.05) is 25.1 Å². The molecule has 2 aromatic rings. The predicted octanol–water partition coefficient (Wildman–Crippen LogP) is 3.89. The number of amides is 2. The Hall–Kier alpha value is -2.71. The van der Waals surface area contributed by atoms with Gasteiger partial charge < -0.3 is 20.3 Å². The van der Waals surface area contributed by atoms with E-state index < -0.39 is 0 Å². The summed E-state index contributed by atoms with van der Waals surface area (Å²) < 4.78 is 5.41. The molecule has 1 unspecified atom stereocenters. The van der Waals surface area contributed by atoms with Crippen molar-refractivity contribution in [2.24, 2.45) is 5.41 Å². The Morgan fingerprint density at radius 3 is 2.74 bits per heavy atom. The van der Waals surface area contributed by atoms with Gasteiger partial charge in [0.1, 0.15) is 6.54 Å². The van der Waals surface area contributed by atoms with E-state index >= 15 is 0 Å². The highest BCUT2D eigenvalue weighted by atomic mass is 35.5. The summed E-state index contributed by atoms with van der Waals surface area (Å²) in [7, 11) is 0. The molecule has 2 aliphatic heterocycles. The second-order valence-corrected chi connectivity index (χ2v) is 10.5. The van der Waals surface area contributed by atoms with Gasteiger partial charge in [-0.3, -0.25) is 9.59 Å². The molecule has 3 heterocycles. The number of carbonyl (C=O) groups excluding carboxylic acids is 2. The van der Waals surface area contributed by atoms with Crippen molar-refractivity contribution >= 4 is 29.4 Å². The molecule has 1 atom stereocenters. The predicted molar refractivity (Wildman–Crippen MR) is 132 cm³/mol. The van der Waals surface area contributed by atoms with Gasteiger partial charge in [-0.15, -0.1) is 0 Å². The smallest absolute Gasteiger partial charge is 0.254 e. The first-order chi connectivity index (χ1) is 16.1. The molecular weight excluding hydrogens is 454 g/mol. The molecule has 0 spiro atoms. The van der Waals surface area contributed by atoms with Crippen LogP contribution < -0.4 is 10.6 Å². The summed E-state index contributed by atoms with van der Waals surface area (Å²) in [6, 6.07) is 5.87. The van der Waals surface area contributed by atoms with E-state index in [9.17, 15) is 9.59 Å². The molecule has 1 saturated heterocycles. The van der Waals surface area contributed by atoms with Crippen molar-refractivity contribution in [3.8, 4) is 11.3 Å². The molecule has 0 radical (unpaired) electrons. The zero-order chi connectivity index (χ0) is 24.5. The van der Waals surface area contributed by atoms with Crippen molar-refractivity contribution in [3.63, 3.8) is 0 Å². The zero-order valence-electron chi connectivity index (χ0n) is 20.2. The normalized spacial score (nSPS) is 17.4. The van der Waals surface area contributed by atoms with Gasteiger partial charge >= 0.3 is 0 Å². The summed E-state index contributed by atoms with van der Waals surface area (Å²) in [5, 5.41) is 6.76. The van der Waals surface area contributed by atoms with E-state index in [1.165, 1.54) is 0 Å². The van der Waals surface area contributed by atoms with E-state index in [1.807, 2.05) is 19.1 Å². The fraction of sp³-hybridized carbons (Fsp3) is 0.520. The molecule has 8 nitrogen and oxygen atoms in total. The highest BCUT2D eigenvalue weighted by Gasteiger charge is 2.30. The fourth-order valence-corrected chi connectivity index (χ4v) is 4.18. The third-order valence-corrected chi connectivity index (χ3v) is 6.85. The average molecular weight is 486 g/mol. The number of hydrogen-bond acceptors (Lipinski definition) is 6. The second kappa shape index (κ2) is 9.88. The lowest BCUT2D eigenvalue weighted by molar-refractivity contribution is -0.123. The van der Waals surface area contributed by atoms with Crippen molar-refractivity contribution < 1.29 is 14.3 Å². The number of aromatic nitrogens is 2. The van der Waals surface area contributed by atoms with E-state index in [-0.39, 0.29) is 35.9 Å². The van der Waals surface area contributed by atoms with Crippen molar-refractivity contribution in [2.45, 2.75) is 59.2 Å². The molecule has 2 aliphatic rings. The summed E-state index contributed by atoms with van der Waals surface area (Å²) in [5.74, 6) is 0.178. The summed E-state index contributed by atoms with van der Waals surface area (Å²) in [6.07, 6.45) is 3.37. The Kier molecular flexibility index (Phi) is 7.09. The number of rotatable bonds is 6. The Labute approximate surface area is 205 Å². The highest BCUT2D eigenvalue weighted by Crippen LogP contribution is 2.31. The summed E-state index contributed by atoms with van der Waals surface area (Å²) in [4.78, 5) is 36.1. The monoisotopic (exact) mass is 485 g/mol. The van der Waals surface area contributed by atoms with E-state index in [0.29, 0.717) is 42.0 Å². The van der Waals surface area contributed by atoms with Crippen molar-refractivity contribution in [1.82, 2.24) is 20.2 Å². The standard InChI is InChI=1S/C25H32ClN5O3/c1-15(25(2,3)4)28-21(32)14-31-13-17-6-5-16(11-19(17)23(31)33)22-20(26)12-27-24(30-22)29-18-7-9-34-10-8-18/h5-6,11-12,15,18H,7-10,13-14H2,1-4H3,(H,28,32)(H,27,29,30). The molecule has 2 N–H and O–H groups in total. The van der Waals surface area contributed by atoms with Gasteiger partial charge in [-0.2, -0.15) is 0 Å². The van der Waals surface area contributed by atoms with Crippen LogP contribution in [0.25, 0.3) is 11.3 Å². The molecule has 1 aromatic heterocycles. The average Bonchev–Trinajstić information content (AvgIpc) is 3.09. The van der Waals surface area contributed by atoms with Crippen molar-refractivity contribution in [3.05, 3.63) is 40.5 Å². The Morgan fingerprint density at radius 2 is 2.03 bits per heavy atom. The van der Waals surface area contributed by atoms with Crippen LogP contribution >= 0.6 is 11.6 Å². The topological polar surface area (TPSA) is 96.5 Å². The maximum Gasteiger partial charge on any atom is 0.254 e. The molecule has 9 heteroatoms. The molecule has 182 valence electrons. The number of hydrogen-bond donors (Lipinski definition) is 2. The number of carbonyl (C=O) groups is 2. The van der Waals surface area contributed by atoms with E-state index in [0.717, 1.165) is 24.0 Å². The minimum Gasteiger partial charge on any atom is -0.381 e. The molecule has 1 aromatic carbocycles. The highest BCUT2D eigenvalue weighted by molar-refractivity contribution is 6.33. The Balaban J connectivity index is 1.48. The van der Waals surface area contributed by atoms with Gasteiger partial charge in [0.05, 0.1) is 16.9 Å². The second-order valence-electron chi connectivity index (χ2n) is 10.1. The number of ether oxygens (including phenoxy) is 1.